The molecule has 2 aromatic carbocycles. The molecule has 0 spiro atoms. The number of phenolic OH excluding ortho intramolecular Hbond substituents is 2. The number of phenols is 2. The van der Waals surface area contributed by atoms with Gasteiger partial charge in [-0.1, -0.05) is 17.7 Å². The molecule has 0 aliphatic carbocycles. The highest BCUT2D eigenvalue weighted by atomic mass is 19.4. The van der Waals surface area contributed by atoms with Gasteiger partial charge < -0.3 is 10.2 Å². The van der Waals surface area contributed by atoms with E-state index in [1.807, 2.05) is 0 Å². The summed E-state index contributed by atoms with van der Waals surface area (Å²) in [4.78, 5) is 0. The standard InChI is InChI=1S/C17H11F3N2O2/c1-9-2-3-10(14(4-9)17(18,19)20)5-12-11(7-21)6-15(23)16(24)13(12)8-22/h2-4,6,23-24H,5H2,1H3. The van der Waals surface area contributed by atoms with Crippen LogP contribution in [0.1, 0.15) is 33.4 Å². The van der Waals surface area contributed by atoms with Crippen LogP contribution in [0.3, 0.4) is 0 Å². The molecule has 122 valence electrons. The molecule has 0 saturated heterocycles. The lowest BCUT2D eigenvalue weighted by Crippen LogP contribution is -2.11. The Morgan fingerprint density at radius 2 is 1.75 bits per heavy atom. The van der Waals surface area contributed by atoms with E-state index in [0.29, 0.717) is 5.56 Å². The van der Waals surface area contributed by atoms with E-state index in [-0.39, 0.29) is 23.1 Å². The van der Waals surface area contributed by atoms with Gasteiger partial charge in [0.15, 0.2) is 11.5 Å². The fourth-order valence-corrected chi connectivity index (χ4v) is 2.40. The van der Waals surface area contributed by atoms with Gasteiger partial charge in [0.05, 0.1) is 17.2 Å². The second-order valence-electron chi connectivity index (χ2n) is 5.20. The molecule has 2 N–H and O–H groups in total. The lowest BCUT2D eigenvalue weighted by molar-refractivity contribution is -0.138. The van der Waals surface area contributed by atoms with Crippen molar-refractivity contribution < 1.29 is 23.4 Å². The zero-order valence-corrected chi connectivity index (χ0v) is 12.4. The van der Waals surface area contributed by atoms with Crippen LogP contribution in [0.15, 0.2) is 24.3 Å². The first-order chi connectivity index (χ1) is 11.2. The SMILES string of the molecule is Cc1ccc(Cc2c(C#N)cc(O)c(O)c2C#N)c(C(F)(F)F)c1. The van der Waals surface area contributed by atoms with Gasteiger partial charge in [-0.25, -0.2) is 0 Å². The second kappa shape index (κ2) is 6.13. The number of nitriles is 2. The van der Waals surface area contributed by atoms with E-state index in [4.69, 9.17) is 10.5 Å². The number of hydrogen-bond acceptors (Lipinski definition) is 4. The number of aromatic hydroxyl groups is 2. The third-order valence-electron chi connectivity index (χ3n) is 3.56. The molecular weight excluding hydrogens is 321 g/mol. The number of hydrogen-bond donors (Lipinski definition) is 2. The van der Waals surface area contributed by atoms with E-state index in [0.717, 1.165) is 12.1 Å². The van der Waals surface area contributed by atoms with Gasteiger partial charge in [-0.2, -0.15) is 23.7 Å². The van der Waals surface area contributed by atoms with Gasteiger partial charge in [0, 0.05) is 12.5 Å². The molecule has 24 heavy (non-hydrogen) atoms. The Morgan fingerprint density at radius 3 is 2.29 bits per heavy atom. The lowest BCUT2D eigenvalue weighted by atomic mass is 9.91. The minimum Gasteiger partial charge on any atom is -0.504 e. The molecule has 2 rings (SSSR count). The summed E-state index contributed by atoms with van der Waals surface area (Å²) in [5.74, 6) is -1.43. The van der Waals surface area contributed by atoms with Crippen molar-refractivity contribution in [3.05, 3.63) is 57.6 Å². The van der Waals surface area contributed by atoms with Gasteiger partial charge in [-0.3, -0.25) is 0 Å². The van der Waals surface area contributed by atoms with Crippen LogP contribution in [0.25, 0.3) is 0 Å². The van der Waals surface area contributed by atoms with Crippen LogP contribution in [-0.2, 0) is 12.6 Å². The summed E-state index contributed by atoms with van der Waals surface area (Å²) in [5, 5.41) is 37.5. The molecule has 0 aliphatic rings. The summed E-state index contributed by atoms with van der Waals surface area (Å²) in [6, 6.07) is 8.01. The first kappa shape index (κ1) is 17.2. The zero-order chi connectivity index (χ0) is 18.1. The van der Waals surface area contributed by atoms with Crippen LogP contribution < -0.4 is 0 Å². The minimum absolute atomic E-state index is 0.0651. The van der Waals surface area contributed by atoms with Gasteiger partial charge in [-0.15, -0.1) is 0 Å². The molecule has 0 aliphatic heterocycles. The van der Waals surface area contributed by atoms with E-state index >= 15 is 0 Å². The summed E-state index contributed by atoms with van der Waals surface area (Å²) in [6.07, 6.45) is -4.98. The van der Waals surface area contributed by atoms with Gasteiger partial charge in [-0.05, 0) is 24.1 Å². The Kier molecular flexibility index (Phi) is 4.39. The van der Waals surface area contributed by atoms with E-state index < -0.39 is 28.8 Å². The number of halogens is 3. The predicted molar refractivity (Wildman–Crippen MR) is 78.2 cm³/mol. The van der Waals surface area contributed by atoms with Crippen molar-refractivity contribution >= 4 is 0 Å². The maximum atomic E-state index is 13.2. The summed E-state index contributed by atoms with van der Waals surface area (Å²) in [5.41, 5.74) is -1.24. The largest absolute Gasteiger partial charge is 0.504 e. The molecule has 0 atom stereocenters. The first-order valence-corrected chi connectivity index (χ1v) is 6.73. The van der Waals surface area contributed by atoms with Gasteiger partial charge in [0.1, 0.15) is 11.6 Å². The van der Waals surface area contributed by atoms with E-state index in [1.54, 1.807) is 12.1 Å². The van der Waals surface area contributed by atoms with E-state index in [2.05, 4.69) is 0 Å². The number of rotatable bonds is 2. The quantitative estimate of drug-likeness (QED) is 0.820. The molecule has 0 unspecified atom stereocenters. The van der Waals surface area contributed by atoms with Crippen molar-refractivity contribution in [3.63, 3.8) is 0 Å². The third-order valence-corrected chi connectivity index (χ3v) is 3.56. The first-order valence-electron chi connectivity index (χ1n) is 6.73. The number of alkyl halides is 3. The molecule has 0 aromatic heterocycles. The topological polar surface area (TPSA) is 88.0 Å². The van der Waals surface area contributed by atoms with Crippen LogP contribution in [-0.4, -0.2) is 10.2 Å². The highest BCUT2D eigenvalue weighted by Crippen LogP contribution is 2.37. The van der Waals surface area contributed by atoms with Crippen LogP contribution in [0.2, 0.25) is 0 Å². The van der Waals surface area contributed by atoms with E-state index in [9.17, 15) is 23.4 Å². The van der Waals surface area contributed by atoms with Crippen molar-refractivity contribution in [1.82, 2.24) is 0 Å². The molecule has 0 bridgehead atoms. The van der Waals surface area contributed by atoms with Gasteiger partial charge in [0.2, 0.25) is 0 Å². The number of nitrogens with zero attached hydrogens (tertiary/aromatic N) is 2. The van der Waals surface area contributed by atoms with Crippen molar-refractivity contribution in [2.45, 2.75) is 19.5 Å². The fourth-order valence-electron chi connectivity index (χ4n) is 2.40. The number of aryl methyl sites for hydroxylation is 1. The van der Waals surface area contributed by atoms with Crippen molar-refractivity contribution in [3.8, 4) is 23.6 Å². The average molecular weight is 332 g/mol. The van der Waals surface area contributed by atoms with Crippen LogP contribution in [0.4, 0.5) is 13.2 Å². The van der Waals surface area contributed by atoms with Crippen LogP contribution >= 0.6 is 0 Å². The van der Waals surface area contributed by atoms with Crippen LogP contribution in [0, 0.1) is 29.6 Å². The van der Waals surface area contributed by atoms with E-state index in [1.165, 1.54) is 19.1 Å². The molecular formula is C17H11F3N2O2. The maximum absolute atomic E-state index is 13.2. The maximum Gasteiger partial charge on any atom is 0.416 e. The molecule has 7 heteroatoms. The Balaban J connectivity index is 2.69. The minimum atomic E-state index is -4.60. The Morgan fingerprint density at radius 1 is 1.08 bits per heavy atom. The fraction of sp³-hybridized carbons (Fsp3) is 0.176. The molecule has 0 fully saturated rings. The molecule has 0 amide bonds. The van der Waals surface area contributed by atoms with Crippen molar-refractivity contribution in [1.29, 1.82) is 10.5 Å². The number of benzene rings is 2. The molecule has 0 radical (unpaired) electrons. The smallest absolute Gasteiger partial charge is 0.416 e. The van der Waals surface area contributed by atoms with Gasteiger partial charge >= 0.3 is 6.18 Å². The Hall–Kier alpha value is -3.19. The highest BCUT2D eigenvalue weighted by molar-refractivity contribution is 5.62. The van der Waals surface area contributed by atoms with Crippen molar-refractivity contribution in [2.24, 2.45) is 0 Å². The van der Waals surface area contributed by atoms with Crippen molar-refractivity contribution in [2.75, 3.05) is 0 Å². The summed E-state index contributed by atoms with van der Waals surface area (Å²) < 4.78 is 39.7. The Labute approximate surface area is 135 Å². The Bertz CT molecular complexity index is 891. The van der Waals surface area contributed by atoms with Gasteiger partial charge in [0.25, 0.3) is 0 Å². The second-order valence-corrected chi connectivity index (χ2v) is 5.20. The summed E-state index contributed by atoms with van der Waals surface area (Å²) >= 11 is 0. The molecule has 4 nitrogen and oxygen atoms in total. The van der Waals surface area contributed by atoms with Crippen LogP contribution in [0.5, 0.6) is 11.5 Å². The molecule has 0 heterocycles. The zero-order valence-electron chi connectivity index (χ0n) is 12.4. The predicted octanol–water partition coefficient (Wildman–Crippen LogP) is 3.76. The third kappa shape index (κ3) is 3.11. The summed E-state index contributed by atoms with van der Waals surface area (Å²) in [7, 11) is 0. The normalized spacial score (nSPS) is 10.9. The molecule has 2 aromatic rings. The lowest BCUT2D eigenvalue weighted by Gasteiger charge is -2.15. The summed E-state index contributed by atoms with van der Waals surface area (Å²) in [6.45, 7) is 1.52. The average Bonchev–Trinajstić information content (AvgIpc) is 2.51. The monoisotopic (exact) mass is 332 g/mol. The highest BCUT2D eigenvalue weighted by Gasteiger charge is 2.33. The molecule has 0 saturated carbocycles.